The van der Waals surface area contributed by atoms with Gasteiger partial charge in [0.1, 0.15) is 5.76 Å². The average Bonchev–Trinajstić information content (AvgIpc) is 2.97. The van der Waals surface area contributed by atoms with Crippen molar-refractivity contribution < 1.29 is 4.42 Å². The van der Waals surface area contributed by atoms with Gasteiger partial charge in [-0.05, 0) is 19.9 Å². The van der Waals surface area contributed by atoms with Crippen LogP contribution in [-0.4, -0.2) is 20.0 Å². The normalized spacial score (nSPS) is 12.1. The van der Waals surface area contributed by atoms with E-state index in [9.17, 15) is 0 Å². The second-order valence-corrected chi connectivity index (χ2v) is 5.29. The number of rotatable bonds is 5. The predicted octanol–water partition coefficient (Wildman–Crippen LogP) is 3.04. The quantitative estimate of drug-likeness (QED) is 0.619. The van der Waals surface area contributed by atoms with Gasteiger partial charge in [0.2, 0.25) is 0 Å². The predicted molar refractivity (Wildman–Crippen MR) is 73.6 cm³/mol. The number of nitrogens with zero attached hydrogens (tertiary/aromatic N) is 4. The number of hydrogen-bond acceptors (Lipinski definition) is 5. The molecular formula is C13H14N4OS. The fourth-order valence-electron chi connectivity index (χ4n) is 1.67. The van der Waals surface area contributed by atoms with E-state index >= 15 is 0 Å². The van der Waals surface area contributed by atoms with E-state index in [1.807, 2.05) is 24.5 Å². The first-order valence-corrected chi connectivity index (χ1v) is 6.70. The zero-order chi connectivity index (χ0) is 13.8. The third kappa shape index (κ3) is 2.71. The molecule has 0 N–H and O–H groups in total. The molecule has 0 saturated carbocycles. The van der Waals surface area contributed by atoms with Crippen molar-refractivity contribution in [1.29, 1.82) is 5.26 Å². The summed E-state index contributed by atoms with van der Waals surface area (Å²) in [7, 11) is 0. The van der Waals surface area contributed by atoms with Gasteiger partial charge in [0.25, 0.3) is 0 Å². The number of allylic oxidation sites excluding steroid dienone is 1. The van der Waals surface area contributed by atoms with Crippen LogP contribution < -0.4 is 0 Å². The highest BCUT2D eigenvalue weighted by atomic mass is 32.2. The maximum Gasteiger partial charge on any atom is 0.193 e. The minimum atomic E-state index is -0.175. The lowest BCUT2D eigenvalue weighted by molar-refractivity contribution is 0.534. The SMILES string of the molecule is C=CCn1c(SC(C)C#N)nnc1-c1ccoc1C. The lowest BCUT2D eigenvalue weighted by atomic mass is 10.2. The second-order valence-electron chi connectivity index (χ2n) is 3.99. The summed E-state index contributed by atoms with van der Waals surface area (Å²) < 4.78 is 7.23. The maximum absolute atomic E-state index is 8.89. The molecular weight excluding hydrogens is 260 g/mol. The highest BCUT2D eigenvalue weighted by Gasteiger charge is 2.18. The van der Waals surface area contributed by atoms with E-state index in [2.05, 4.69) is 22.8 Å². The van der Waals surface area contributed by atoms with Gasteiger partial charge in [-0.1, -0.05) is 17.8 Å². The Balaban J connectivity index is 2.43. The molecule has 1 atom stereocenters. The number of aromatic nitrogens is 3. The van der Waals surface area contributed by atoms with Crippen LogP contribution in [0, 0.1) is 18.3 Å². The molecule has 0 fully saturated rings. The molecule has 6 heteroatoms. The van der Waals surface area contributed by atoms with Crippen molar-refractivity contribution >= 4 is 11.8 Å². The van der Waals surface area contributed by atoms with Crippen LogP contribution in [0.1, 0.15) is 12.7 Å². The van der Waals surface area contributed by atoms with Crippen LogP contribution in [0.4, 0.5) is 0 Å². The number of furan rings is 1. The van der Waals surface area contributed by atoms with Crippen molar-refractivity contribution in [2.75, 3.05) is 0 Å². The molecule has 0 aliphatic heterocycles. The monoisotopic (exact) mass is 274 g/mol. The van der Waals surface area contributed by atoms with Crippen LogP contribution in [0.5, 0.6) is 0 Å². The van der Waals surface area contributed by atoms with Crippen LogP contribution >= 0.6 is 11.8 Å². The molecule has 0 aliphatic carbocycles. The van der Waals surface area contributed by atoms with Crippen molar-refractivity contribution in [3.05, 3.63) is 30.7 Å². The highest BCUT2D eigenvalue weighted by Crippen LogP contribution is 2.28. The molecule has 19 heavy (non-hydrogen) atoms. The van der Waals surface area contributed by atoms with Crippen molar-refractivity contribution in [1.82, 2.24) is 14.8 Å². The lowest BCUT2D eigenvalue weighted by Crippen LogP contribution is -2.02. The molecule has 1 unspecified atom stereocenters. The van der Waals surface area contributed by atoms with Gasteiger partial charge in [0.15, 0.2) is 11.0 Å². The molecule has 0 saturated heterocycles. The summed E-state index contributed by atoms with van der Waals surface area (Å²) in [6, 6.07) is 4.04. The fourth-order valence-corrected chi connectivity index (χ4v) is 2.42. The van der Waals surface area contributed by atoms with Gasteiger partial charge in [0, 0.05) is 6.54 Å². The summed E-state index contributed by atoms with van der Waals surface area (Å²) in [6.07, 6.45) is 3.41. The van der Waals surface area contributed by atoms with Crippen molar-refractivity contribution in [2.24, 2.45) is 0 Å². The van der Waals surface area contributed by atoms with Crippen LogP contribution in [0.2, 0.25) is 0 Å². The van der Waals surface area contributed by atoms with Crippen LogP contribution in [0.25, 0.3) is 11.4 Å². The summed E-state index contributed by atoms with van der Waals surface area (Å²) in [6.45, 7) is 8.05. The molecule has 0 amide bonds. The van der Waals surface area contributed by atoms with Crippen molar-refractivity contribution in [3.8, 4) is 17.5 Å². The van der Waals surface area contributed by atoms with Gasteiger partial charge in [-0.25, -0.2) is 0 Å². The molecule has 0 bridgehead atoms. The molecule has 0 aliphatic rings. The maximum atomic E-state index is 8.89. The summed E-state index contributed by atoms with van der Waals surface area (Å²) in [5.74, 6) is 1.53. The molecule has 0 spiro atoms. The fraction of sp³-hybridized carbons (Fsp3) is 0.308. The van der Waals surface area contributed by atoms with E-state index in [1.165, 1.54) is 11.8 Å². The third-order valence-electron chi connectivity index (χ3n) is 2.59. The van der Waals surface area contributed by atoms with E-state index in [-0.39, 0.29) is 5.25 Å². The third-order valence-corrected chi connectivity index (χ3v) is 3.56. The summed E-state index contributed by atoms with van der Waals surface area (Å²) in [5.41, 5.74) is 0.908. The van der Waals surface area contributed by atoms with Crippen LogP contribution in [-0.2, 0) is 6.54 Å². The largest absolute Gasteiger partial charge is 0.469 e. The Morgan fingerprint density at radius 2 is 2.42 bits per heavy atom. The van der Waals surface area contributed by atoms with Crippen LogP contribution in [0.3, 0.4) is 0 Å². The number of hydrogen-bond donors (Lipinski definition) is 0. The van der Waals surface area contributed by atoms with Crippen molar-refractivity contribution in [2.45, 2.75) is 30.8 Å². The molecule has 0 aromatic carbocycles. The Labute approximate surface area is 115 Å². The molecule has 2 rings (SSSR count). The van der Waals surface area contributed by atoms with E-state index < -0.39 is 0 Å². The molecule has 2 heterocycles. The Morgan fingerprint density at radius 1 is 1.63 bits per heavy atom. The molecule has 0 radical (unpaired) electrons. The van der Waals surface area contributed by atoms with Gasteiger partial charge in [-0.2, -0.15) is 5.26 Å². The minimum Gasteiger partial charge on any atom is -0.469 e. The molecule has 98 valence electrons. The van der Waals surface area contributed by atoms with Gasteiger partial charge in [-0.15, -0.1) is 16.8 Å². The van der Waals surface area contributed by atoms with E-state index in [1.54, 1.807) is 12.3 Å². The van der Waals surface area contributed by atoms with Gasteiger partial charge < -0.3 is 4.42 Å². The molecule has 2 aromatic heterocycles. The Kier molecular flexibility index (Phi) is 4.07. The zero-order valence-corrected chi connectivity index (χ0v) is 11.6. The summed E-state index contributed by atoms with van der Waals surface area (Å²) in [5, 5.41) is 17.8. The molecule has 2 aromatic rings. The first kappa shape index (κ1) is 13.4. The number of thioether (sulfide) groups is 1. The van der Waals surface area contributed by atoms with Gasteiger partial charge in [-0.3, -0.25) is 4.57 Å². The Morgan fingerprint density at radius 3 is 3.00 bits per heavy atom. The zero-order valence-electron chi connectivity index (χ0n) is 10.8. The van der Waals surface area contributed by atoms with Crippen molar-refractivity contribution in [3.63, 3.8) is 0 Å². The number of aryl methyl sites for hydroxylation is 1. The minimum absolute atomic E-state index is 0.175. The standard InChI is InChI=1S/C13H14N4OS/c1-4-6-17-12(11-5-7-18-10(11)3)15-16-13(17)19-9(2)8-14/h4-5,7,9H,1,6H2,2-3H3. The topological polar surface area (TPSA) is 67.6 Å². The summed E-state index contributed by atoms with van der Waals surface area (Å²) in [4.78, 5) is 0. The van der Waals surface area contributed by atoms with E-state index in [0.29, 0.717) is 11.7 Å². The summed E-state index contributed by atoms with van der Waals surface area (Å²) >= 11 is 1.38. The van der Waals surface area contributed by atoms with E-state index in [4.69, 9.17) is 9.68 Å². The number of nitriles is 1. The van der Waals surface area contributed by atoms with Gasteiger partial charge >= 0.3 is 0 Å². The highest BCUT2D eigenvalue weighted by molar-refractivity contribution is 8.00. The Bertz CT molecular complexity index is 623. The second kappa shape index (κ2) is 5.76. The molecule has 5 nitrogen and oxygen atoms in total. The lowest BCUT2D eigenvalue weighted by Gasteiger charge is -2.07. The van der Waals surface area contributed by atoms with Gasteiger partial charge in [0.05, 0.1) is 23.1 Å². The van der Waals surface area contributed by atoms with Crippen LogP contribution in [0.15, 0.2) is 34.6 Å². The van der Waals surface area contributed by atoms with E-state index in [0.717, 1.165) is 17.1 Å². The average molecular weight is 274 g/mol. The smallest absolute Gasteiger partial charge is 0.193 e. The first-order chi connectivity index (χ1) is 9.17. The Hall–Kier alpha value is -2.00. The first-order valence-electron chi connectivity index (χ1n) is 5.82.